The molecule has 0 spiro atoms. The molecule has 0 unspecified atom stereocenters. The molecule has 1 aromatic heterocycles. The average molecular weight is 410 g/mol. The van der Waals surface area contributed by atoms with Gasteiger partial charge in [0, 0.05) is 10.1 Å². The van der Waals surface area contributed by atoms with Crippen molar-refractivity contribution in [3.63, 3.8) is 0 Å². The minimum atomic E-state index is -2.47. The largest absolute Gasteiger partial charge is 0.325 e. The van der Waals surface area contributed by atoms with Gasteiger partial charge in [-0.1, -0.05) is 0 Å². The van der Waals surface area contributed by atoms with E-state index in [0.717, 1.165) is 0 Å². The highest BCUT2D eigenvalue weighted by molar-refractivity contribution is 14.1. The van der Waals surface area contributed by atoms with Crippen molar-refractivity contribution in [2.45, 2.75) is 13.0 Å². The Balaban J connectivity index is 3.20. The van der Waals surface area contributed by atoms with E-state index >= 15 is 0 Å². The third-order valence-electron chi connectivity index (χ3n) is 1.46. The van der Waals surface area contributed by atoms with Crippen LogP contribution in [0, 0.1) is 7.27 Å². The summed E-state index contributed by atoms with van der Waals surface area (Å²) in [5, 5.41) is 0. The fourth-order valence-corrected chi connectivity index (χ4v) is 2.17. The van der Waals surface area contributed by atoms with Crippen LogP contribution in [0.2, 0.25) is 0 Å². The lowest BCUT2D eigenvalue weighted by Gasteiger charge is -2.06. The van der Waals surface area contributed by atoms with Gasteiger partial charge in [0.15, 0.2) is 0 Å². The van der Waals surface area contributed by atoms with Gasteiger partial charge in [0.05, 0.1) is 11.3 Å². The van der Waals surface area contributed by atoms with Gasteiger partial charge < -0.3 is 5.73 Å². The molecule has 0 aromatic carbocycles. The lowest BCUT2D eigenvalue weighted by molar-refractivity contribution is 0.149. The van der Waals surface area contributed by atoms with Crippen LogP contribution in [-0.2, 0) is 6.54 Å². The Labute approximate surface area is 102 Å². The number of hydrogen-bond acceptors (Lipinski definition) is 2. The Kier molecular flexibility index (Phi) is 4.23. The first kappa shape index (κ1) is 11.5. The quantitative estimate of drug-likeness (QED) is 0.602. The van der Waals surface area contributed by atoms with Crippen LogP contribution in [0.1, 0.15) is 17.7 Å². The van der Waals surface area contributed by atoms with Crippen LogP contribution in [0.25, 0.3) is 0 Å². The Bertz CT molecular complexity index is 318. The van der Waals surface area contributed by atoms with Gasteiger partial charge in [-0.2, -0.15) is 0 Å². The minimum Gasteiger partial charge on any atom is -0.325 e. The third-order valence-corrected chi connectivity index (χ3v) is 3.26. The predicted molar refractivity (Wildman–Crippen MR) is 62.5 cm³/mol. The lowest BCUT2D eigenvalue weighted by Crippen LogP contribution is -2.06. The Morgan fingerprint density at radius 1 is 1.46 bits per heavy atom. The van der Waals surface area contributed by atoms with E-state index < -0.39 is 6.43 Å². The van der Waals surface area contributed by atoms with Crippen molar-refractivity contribution in [2.75, 3.05) is 0 Å². The monoisotopic (exact) mass is 410 g/mol. The molecule has 0 aliphatic rings. The lowest BCUT2D eigenvalue weighted by atomic mass is 10.2. The van der Waals surface area contributed by atoms with Crippen LogP contribution in [0.3, 0.4) is 0 Å². The van der Waals surface area contributed by atoms with Gasteiger partial charge >= 0.3 is 0 Å². The molecule has 0 bridgehead atoms. The van der Waals surface area contributed by atoms with Crippen LogP contribution in [-0.4, -0.2) is 4.98 Å². The van der Waals surface area contributed by atoms with Crippen molar-refractivity contribution >= 4 is 45.2 Å². The van der Waals surface area contributed by atoms with Gasteiger partial charge in [0.2, 0.25) is 0 Å². The second-order valence-electron chi connectivity index (χ2n) is 2.30. The molecule has 13 heavy (non-hydrogen) atoms. The highest BCUT2D eigenvalue weighted by Crippen LogP contribution is 2.25. The van der Waals surface area contributed by atoms with E-state index in [0.29, 0.717) is 13.0 Å². The van der Waals surface area contributed by atoms with E-state index in [1.807, 2.05) is 22.6 Å². The number of rotatable bonds is 2. The summed E-state index contributed by atoms with van der Waals surface area (Å²) in [6.07, 6.45) is -2.47. The first-order valence-corrected chi connectivity index (χ1v) is 5.55. The van der Waals surface area contributed by atoms with Crippen LogP contribution in [0.4, 0.5) is 8.78 Å². The normalized spacial score (nSPS) is 10.9. The highest BCUT2D eigenvalue weighted by atomic mass is 127. The van der Waals surface area contributed by atoms with E-state index in [4.69, 9.17) is 5.73 Å². The zero-order valence-electron chi connectivity index (χ0n) is 6.40. The molecule has 0 amide bonds. The molecule has 2 N–H and O–H groups in total. The number of aromatic nitrogens is 1. The Morgan fingerprint density at radius 3 is 2.54 bits per heavy atom. The molecule has 1 aromatic rings. The summed E-state index contributed by atoms with van der Waals surface area (Å²) in [7, 11) is 0. The summed E-state index contributed by atoms with van der Waals surface area (Å²) >= 11 is 3.75. The van der Waals surface area contributed by atoms with E-state index in [-0.39, 0.29) is 12.1 Å². The molecule has 72 valence electrons. The van der Waals surface area contributed by atoms with Gasteiger partial charge in [0.1, 0.15) is 3.70 Å². The summed E-state index contributed by atoms with van der Waals surface area (Å²) in [5.41, 5.74) is 6.02. The van der Waals surface area contributed by atoms with E-state index in [2.05, 4.69) is 4.98 Å². The zero-order valence-corrected chi connectivity index (χ0v) is 10.7. The maximum Gasteiger partial charge on any atom is 0.266 e. The third kappa shape index (κ3) is 2.69. The van der Waals surface area contributed by atoms with E-state index in [1.165, 1.54) is 6.07 Å². The molecule has 0 saturated heterocycles. The van der Waals surface area contributed by atoms with Gasteiger partial charge in [0.25, 0.3) is 6.43 Å². The molecule has 1 rings (SSSR count). The molecule has 0 radical (unpaired) electrons. The van der Waals surface area contributed by atoms with Crippen LogP contribution in [0.5, 0.6) is 0 Å². The first-order valence-electron chi connectivity index (χ1n) is 3.39. The first-order chi connectivity index (χ1) is 6.06. The Hall–Kier alpha value is 0.430. The number of alkyl halides is 2. The fraction of sp³-hybridized carbons (Fsp3) is 0.286. The summed E-state index contributed by atoms with van der Waals surface area (Å²) in [6.45, 7) is 0.276. The molecule has 0 aliphatic carbocycles. The zero-order chi connectivity index (χ0) is 10.0. The van der Waals surface area contributed by atoms with Crippen molar-refractivity contribution in [1.82, 2.24) is 4.98 Å². The van der Waals surface area contributed by atoms with Crippen molar-refractivity contribution in [2.24, 2.45) is 5.73 Å². The number of pyridine rings is 1. The van der Waals surface area contributed by atoms with Gasteiger partial charge in [-0.3, -0.25) is 0 Å². The molecule has 2 nitrogen and oxygen atoms in total. The van der Waals surface area contributed by atoms with Crippen molar-refractivity contribution in [1.29, 1.82) is 0 Å². The van der Waals surface area contributed by atoms with Crippen LogP contribution in [0.15, 0.2) is 6.07 Å². The van der Waals surface area contributed by atoms with E-state index in [1.54, 1.807) is 22.6 Å². The molecular weight excluding hydrogens is 404 g/mol. The molecule has 0 saturated carbocycles. The molecule has 0 fully saturated rings. The highest BCUT2D eigenvalue weighted by Gasteiger charge is 2.15. The second kappa shape index (κ2) is 4.78. The smallest absolute Gasteiger partial charge is 0.266 e. The summed E-state index contributed by atoms with van der Waals surface area (Å²) in [4.78, 5) is 3.99. The van der Waals surface area contributed by atoms with Crippen molar-refractivity contribution < 1.29 is 8.78 Å². The molecular formula is C7H6F2I2N2. The number of halogens is 4. The Morgan fingerprint density at radius 2 is 2.08 bits per heavy atom. The molecule has 1 heterocycles. The van der Waals surface area contributed by atoms with Crippen LogP contribution >= 0.6 is 45.2 Å². The van der Waals surface area contributed by atoms with Gasteiger partial charge in [-0.15, -0.1) is 0 Å². The molecule has 6 heteroatoms. The van der Waals surface area contributed by atoms with Gasteiger partial charge in [-0.05, 0) is 51.2 Å². The molecule has 0 aliphatic heterocycles. The number of nitrogens with zero attached hydrogens (tertiary/aromatic N) is 1. The number of hydrogen-bond donors (Lipinski definition) is 1. The standard InChI is InChI=1S/C7H6F2I2N2/c8-6(9)3-1-4(10)5(2-12)13-7(3)11/h1,6H,2,12H2. The van der Waals surface area contributed by atoms with Crippen molar-refractivity contribution in [3.05, 3.63) is 24.6 Å². The maximum absolute atomic E-state index is 12.4. The maximum atomic E-state index is 12.4. The minimum absolute atomic E-state index is 0.0257. The SMILES string of the molecule is NCc1nc(I)c(C(F)F)cc1I. The predicted octanol–water partition coefficient (Wildman–Crippen LogP) is 2.69. The average Bonchev–Trinajstić information content (AvgIpc) is 2.07. The van der Waals surface area contributed by atoms with Crippen LogP contribution < -0.4 is 5.73 Å². The van der Waals surface area contributed by atoms with Crippen molar-refractivity contribution in [3.8, 4) is 0 Å². The summed E-state index contributed by atoms with van der Waals surface area (Å²) in [5.74, 6) is 0. The van der Waals surface area contributed by atoms with Gasteiger partial charge in [-0.25, -0.2) is 13.8 Å². The topological polar surface area (TPSA) is 38.9 Å². The van der Waals surface area contributed by atoms with E-state index in [9.17, 15) is 8.78 Å². The fourth-order valence-electron chi connectivity index (χ4n) is 0.812. The molecule has 0 atom stereocenters. The summed E-state index contributed by atoms with van der Waals surface area (Å²) < 4.78 is 25.7. The summed E-state index contributed by atoms with van der Waals surface area (Å²) in [6, 6.07) is 1.43. The number of nitrogens with two attached hydrogens (primary N) is 1. The second-order valence-corrected chi connectivity index (χ2v) is 4.49.